The highest BCUT2D eigenvalue weighted by molar-refractivity contribution is 5.89. The van der Waals surface area contributed by atoms with Gasteiger partial charge in [0.25, 0.3) is 0 Å². The second kappa shape index (κ2) is 10.2. The van der Waals surface area contributed by atoms with Gasteiger partial charge in [-0.3, -0.25) is 0 Å². The summed E-state index contributed by atoms with van der Waals surface area (Å²) < 4.78 is 44.6. The number of carbonyl (C=O) groups is 1. The molecule has 26 heavy (non-hydrogen) atoms. The second-order valence-corrected chi connectivity index (χ2v) is 5.11. The summed E-state index contributed by atoms with van der Waals surface area (Å²) in [4.78, 5) is 11.8. The molecule has 0 aliphatic heterocycles. The predicted octanol–water partition coefficient (Wildman–Crippen LogP) is 3.62. The van der Waals surface area contributed by atoms with E-state index in [-0.39, 0.29) is 11.5 Å². The Balaban J connectivity index is 1.70. The highest BCUT2D eigenvalue weighted by Crippen LogP contribution is 2.31. The summed E-state index contributed by atoms with van der Waals surface area (Å²) in [5, 5.41) is 5.17. The molecule has 2 aromatic rings. The molecule has 9 heteroatoms. The second-order valence-electron chi connectivity index (χ2n) is 5.11. The van der Waals surface area contributed by atoms with Crippen molar-refractivity contribution in [3.63, 3.8) is 0 Å². The number of methoxy groups -OCH3 is 1. The lowest BCUT2D eigenvalue weighted by Crippen LogP contribution is -2.30. The lowest BCUT2D eigenvalue weighted by atomic mass is 10.3. The van der Waals surface area contributed by atoms with Crippen molar-refractivity contribution in [1.82, 2.24) is 5.32 Å². The third kappa shape index (κ3) is 6.60. The minimum absolute atomic E-state index is 0.143. The fourth-order valence-corrected chi connectivity index (χ4v) is 2.06. The smallest absolute Gasteiger partial charge is 0.387 e. The lowest BCUT2D eigenvalue weighted by Gasteiger charge is -2.12. The maximum Gasteiger partial charge on any atom is 0.387 e. The van der Waals surface area contributed by atoms with Crippen molar-refractivity contribution in [2.75, 3.05) is 25.6 Å². The van der Waals surface area contributed by atoms with Gasteiger partial charge in [-0.15, -0.1) is 0 Å². The maximum absolute atomic E-state index is 12.4. The number of amides is 2. The average Bonchev–Trinajstić information content (AvgIpc) is 3.11. The zero-order chi connectivity index (χ0) is 18.8. The van der Waals surface area contributed by atoms with Gasteiger partial charge < -0.3 is 29.3 Å². The monoisotopic (exact) mass is 370 g/mol. The molecule has 0 fully saturated rings. The minimum atomic E-state index is -2.99. The standard InChI is InChI=1S/C17H20F2N2O5/c1-23-14-6-5-12(10-15(14)26-16(18)19)21-17(22)20-7-3-8-24-11-13-4-2-9-25-13/h2,4-6,9-10,16H,3,7-8,11H2,1H3,(H2,20,21,22). The van der Waals surface area contributed by atoms with Crippen molar-refractivity contribution < 1.29 is 32.2 Å². The SMILES string of the molecule is COc1ccc(NC(=O)NCCCOCc2ccco2)cc1OC(F)F. The third-order valence-corrected chi connectivity index (χ3v) is 3.21. The van der Waals surface area contributed by atoms with Gasteiger partial charge in [-0.1, -0.05) is 0 Å². The fourth-order valence-electron chi connectivity index (χ4n) is 2.06. The first-order valence-corrected chi connectivity index (χ1v) is 7.86. The third-order valence-electron chi connectivity index (χ3n) is 3.21. The molecule has 0 bridgehead atoms. The molecule has 0 aliphatic carbocycles. The van der Waals surface area contributed by atoms with Crippen LogP contribution in [0.1, 0.15) is 12.2 Å². The molecule has 2 N–H and O–H groups in total. The van der Waals surface area contributed by atoms with Crippen LogP contribution < -0.4 is 20.1 Å². The van der Waals surface area contributed by atoms with Crippen molar-refractivity contribution in [2.24, 2.45) is 0 Å². The van der Waals surface area contributed by atoms with Crippen molar-refractivity contribution in [3.05, 3.63) is 42.4 Å². The van der Waals surface area contributed by atoms with Gasteiger partial charge in [0.2, 0.25) is 0 Å². The quantitative estimate of drug-likeness (QED) is 0.624. The summed E-state index contributed by atoms with van der Waals surface area (Å²) in [6.45, 7) is -1.77. The van der Waals surface area contributed by atoms with Crippen LogP contribution in [0.5, 0.6) is 11.5 Å². The topological polar surface area (TPSA) is 82.0 Å². The molecule has 2 amide bonds. The number of rotatable bonds is 10. The number of carbonyl (C=O) groups excluding carboxylic acids is 1. The van der Waals surface area contributed by atoms with Crippen molar-refractivity contribution in [1.29, 1.82) is 0 Å². The van der Waals surface area contributed by atoms with E-state index in [0.717, 1.165) is 5.76 Å². The number of nitrogens with one attached hydrogen (secondary N) is 2. The van der Waals surface area contributed by atoms with Crippen molar-refractivity contribution in [3.8, 4) is 11.5 Å². The van der Waals surface area contributed by atoms with E-state index in [0.29, 0.717) is 31.9 Å². The molecule has 0 saturated heterocycles. The Morgan fingerprint density at radius 3 is 2.81 bits per heavy atom. The molecular weight excluding hydrogens is 350 g/mol. The molecule has 1 aromatic carbocycles. The van der Waals surface area contributed by atoms with E-state index in [4.69, 9.17) is 13.9 Å². The molecule has 0 spiro atoms. The Hall–Kier alpha value is -2.81. The van der Waals surface area contributed by atoms with Gasteiger partial charge in [0, 0.05) is 24.9 Å². The molecule has 0 atom stereocenters. The lowest BCUT2D eigenvalue weighted by molar-refractivity contribution is -0.0511. The highest BCUT2D eigenvalue weighted by atomic mass is 19.3. The van der Waals surface area contributed by atoms with E-state index in [9.17, 15) is 13.6 Å². The molecule has 0 saturated carbocycles. The molecule has 7 nitrogen and oxygen atoms in total. The van der Waals surface area contributed by atoms with Gasteiger partial charge in [-0.25, -0.2) is 4.79 Å². The molecule has 0 unspecified atom stereocenters. The van der Waals surface area contributed by atoms with Crippen LogP contribution in [0.2, 0.25) is 0 Å². The van der Waals surface area contributed by atoms with Gasteiger partial charge in [-0.2, -0.15) is 8.78 Å². The normalized spacial score (nSPS) is 10.6. The number of anilines is 1. The number of ether oxygens (including phenoxy) is 3. The summed E-state index contributed by atoms with van der Waals surface area (Å²) >= 11 is 0. The average molecular weight is 370 g/mol. The van der Waals surface area contributed by atoms with Gasteiger partial charge in [0.1, 0.15) is 12.4 Å². The molecule has 1 heterocycles. The summed E-state index contributed by atoms with van der Waals surface area (Å²) in [5.74, 6) is 0.716. The van der Waals surface area contributed by atoms with Crippen LogP contribution in [0, 0.1) is 0 Å². The van der Waals surface area contributed by atoms with Crippen LogP contribution in [0.25, 0.3) is 0 Å². The number of urea groups is 1. The molecule has 142 valence electrons. The molecule has 0 radical (unpaired) electrons. The number of hydrogen-bond acceptors (Lipinski definition) is 5. The van der Waals surface area contributed by atoms with E-state index >= 15 is 0 Å². The summed E-state index contributed by atoms with van der Waals surface area (Å²) in [5.41, 5.74) is 0.299. The van der Waals surface area contributed by atoms with Gasteiger partial charge in [-0.05, 0) is 30.7 Å². The first-order chi connectivity index (χ1) is 12.6. The van der Waals surface area contributed by atoms with Crippen LogP contribution in [-0.4, -0.2) is 32.9 Å². The summed E-state index contributed by atoms with van der Waals surface area (Å²) in [6, 6.07) is 7.33. The minimum Gasteiger partial charge on any atom is -0.493 e. The maximum atomic E-state index is 12.4. The Kier molecular flexibility index (Phi) is 7.69. The van der Waals surface area contributed by atoms with E-state index in [2.05, 4.69) is 15.4 Å². The van der Waals surface area contributed by atoms with Crippen LogP contribution in [0.3, 0.4) is 0 Å². The van der Waals surface area contributed by atoms with Gasteiger partial charge >= 0.3 is 12.6 Å². The van der Waals surface area contributed by atoms with Crippen molar-refractivity contribution in [2.45, 2.75) is 19.6 Å². The first kappa shape index (κ1) is 19.5. The van der Waals surface area contributed by atoms with E-state index in [1.165, 1.54) is 25.3 Å². The first-order valence-electron chi connectivity index (χ1n) is 7.86. The van der Waals surface area contributed by atoms with Crippen LogP contribution in [0.4, 0.5) is 19.3 Å². The summed E-state index contributed by atoms with van der Waals surface area (Å²) in [7, 11) is 1.33. The number of benzene rings is 1. The van der Waals surface area contributed by atoms with E-state index in [1.54, 1.807) is 12.3 Å². The predicted molar refractivity (Wildman–Crippen MR) is 89.6 cm³/mol. The van der Waals surface area contributed by atoms with E-state index in [1.807, 2.05) is 6.07 Å². The van der Waals surface area contributed by atoms with Gasteiger partial charge in [0.15, 0.2) is 11.5 Å². The molecule has 2 rings (SSSR count). The zero-order valence-electron chi connectivity index (χ0n) is 14.2. The Morgan fingerprint density at radius 1 is 1.27 bits per heavy atom. The van der Waals surface area contributed by atoms with Crippen LogP contribution >= 0.6 is 0 Å². The number of furan rings is 1. The Morgan fingerprint density at radius 2 is 2.12 bits per heavy atom. The number of hydrogen-bond donors (Lipinski definition) is 2. The molecule has 0 aliphatic rings. The molecular formula is C17H20F2N2O5. The van der Waals surface area contributed by atoms with Crippen molar-refractivity contribution >= 4 is 11.7 Å². The molecule has 1 aromatic heterocycles. The van der Waals surface area contributed by atoms with Crippen LogP contribution in [0.15, 0.2) is 41.0 Å². The van der Waals surface area contributed by atoms with E-state index < -0.39 is 12.6 Å². The summed E-state index contributed by atoms with van der Waals surface area (Å²) in [6.07, 6.45) is 2.18. The highest BCUT2D eigenvalue weighted by Gasteiger charge is 2.12. The Labute approximate surface area is 149 Å². The largest absolute Gasteiger partial charge is 0.493 e. The number of halogens is 2. The Bertz CT molecular complexity index is 680. The van der Waals surface area contributed by atoms with Crippen LogP contribution in [-0.2, 0) is 11.3 Å². The van der Waals surface area contributed by atoms with Gasteiger partial charge in [0.05, 0.1) is 13.4 Å². The number of alkyl halides is 2. The fraction of sp³-hybridized carbons (Fsp3) is 0.353. The zero-order valence-corrected chi connectivity index (χ0v) is 14.2.